The van der Waals surface area contributed by atoms with Crippen LogP contribution in [0.4, 0.5) is 0 Å². The molecule has 1 atom stereocenters. The zero-order chi connectivity index (χ0) is 26.5. The molecule has 1 aliphatic heterocycles. The first-order valence-corrected chi connectivity index (χ1v) is 12.8. The highest BCUT2D eigenvalue weighted by Gasteiger charge is 2.23. The maximum atomic E-state index is 12.7. The first kappa shape index (κ1) is 27.1. The van der Waals surface area contributed by atoms with Crippen molar-refractivity contribution in [3.8, 4) is 11.5 Å². The Balaban J connectivity index is 1.33. The predicted octanol–water partition coefficient (Wildman–Crippen LogP) is 4.22. The number of benzene rings is 2. The van der Waals surface area contributed by atoms with Crippen molar-refractivity contribution in [3.63, 3.8) is 0 Å². The second kappa shape index (κ2) is 12.1. The minimum atomic E-state index is -0.175. The van der Waals surface area contributed by atoms with E-state index in [1.54, 1.807) is 45.3 Å². The van der Waals surface area contributed by atoms with Crippen LogP contribution in [0.5, 0.6) is 0 Å². The third kappa shape index (κ3) is 6.90. The Bertz CT molecular complexity index is 1280. The van der Waals surface area contributed by atoms with Gasteiger partial charge in [-0.25, -0.2) is 4.98 Å². The first-order valence-electron chi connectivity index (χ1n) is 12.0. The van der Waals surface area contributed by atoms with Gasteiger partial charge in [-0.2, -0.15) is 0 Å². The van der Waals surface area contributed by atoms with Gasteiger partial charge in [-0.05, 0) is 36.8 Å². The number of nitrogens with zero attached hydrogens (tertiary/aromatic N) is 3. The molecule has 2 aromatic carbocycles. The molecule has 0 unspecified atom stereocenters. The van der Waals surface area contributed by atoms with Crippen molar-refractivity contribution < 1.29 is 18.7 Å². The molecule has 8 nitrogen and oxygen atoms in total. The fourth-order valence-electron chi connectivity index (χ4n) is 4.19. The molecule has 0 saturated carbocycles. The summed E-state index contributed by atoms with van der Waals surface area (Å²) in [6, 6.07) is 12.8. The molecule has 37 heavy (non-hydrogen) atoms. The minimum Gasteiger partial charge on any atom is -0.441 e. The molecule has 0 bridgehead atoms. The van der Waals surface area contributed by atoms with Crippen molar-refractivity contribution in [1.82, 2.24) is 20.1 Å². The maximum Gasteiger partial charge on any atom is 0.254 e. The van der Waals surface area contributed by atoms with Crippen LogP contribution in [0, 0.1) is 6.92 Å². The van der Waals surface area contributed by atoms with Crippen molar-refractivity contribution >= 4 is 35.0 Å². The number of carbonyl (C=O) groups is 2. The standard InChI is InChI=1S/C27H30Cl2N4O4/c1-17-24(31-26(37-17)20-6-4-5-7-21(20)27(35)32(2)3)13-25(34)30-14-19-16-33(10-11-36-19)15-18-8-9-22(28)23(29)12-18/h4-9,12,19H,10-11,13-16H2,1-3H3,(H,30,34)/t19-/m0/s1. The fraction of sp³-hybridized carbons (Fsp3) is 0.370. The van der Waals surface area contributed by atoms with E-state index in [-0.39, 0.29) is 24.3 Å². The summed E-state index contributed by atoms with van der Waals surface area (Å²) < 4.78 is 11.7. The molecule has 10 heteroatoms. The van der Waals surface area contributed by atoms with Crippen molar-refractivity contribution in [2.45, 2.75) is 26.0 Å². The number of carbonyl (C=O) groups excluding carboxylic acids is 2. The van der Waals surface area contributed by atoms with Crippen LogP contribution in [0.1, 0.15) is 27.4 Å². The molecule has 1 aliphatic rings. The Morgan fingerprint density at radius 1 is 1.16 bits per heavy atom. The summed E-state index contributed by atoms with van der Waals surface area (Å²) in [7, 11) is 3.39. The number of oxazole rings is 1. The van der Waals surface area contributed by atoms with Crippen molar-refractivity contribution in [2.75, 3.05) is 40.3 Å². The monoisotopic (exact) mass is 544 g/mol. The number of amides is 2. The normalized spacial score (nSPS) is 16.0. The van der Waals surface area contributed by atoms with Crippen LogP contribution >= 0.6 is 23.2 Å². The molecule has 0 radical (unpaired) electrons. The predicted molar refractivity (Wildman–Crippen MR) is 143 cm³/mol. The van der Waals surface area contributed by atoms with E-state index in [0.717, 1.165) is 18.7 Å². The lowest BCUT2D eigenvalue weighted by molar-refractivity contribution is -0.121. The molecule has 2 heterocycles. The van der Waals surface area contributed by atoms with Crippen LogP contribution < -0.4 is 5.32 Å². The molecule has 2 amide bonds. The van der Waals surface area contributed by atoms with Gasteiger partial charge < -0.3 is 19.4 Å². The van der Waals surface area contributed by atoms with Gasteiger partial charge in [0.2, 0.25) is 11.8 Å². The number of hydrogen-bond acceptors (Lipinski definition) is 6. The SMILES string of the molecule is Cc1oc(-c2ccccc2C(=O)N(C)C)nc1CC(=O)NC[C@H]1CN(Cc2ccc(Cl)c(Cl)c2)CCO1. The average molecular weight is 545 g/mol. The number of hydrogen-bond donors (Lipinski definition) is 1. The Morgan fingerprint density at radius 3 is 2.70 bits per heavy atom. The highest BCUT2D eigenvalue weighted by molar-refractivity contribution is 6.42. The number of aryl methyl sites for hydroxylation is 1. The van der Waals surface area contributed by atoms with Crippen molar-refractivity contribution in [1.29, 1.82) is 0 Å². The summed E-state index contributed by atoms with van der Waals surface area (Å²) in [6.07, 6.45) is -0.0582. The Hall–Kier alpha value is -2.91. The van der Waals surface area contributed by atoms with Gasteiger partial charge in [0.05, 0.1) is 40.4 Å². The second-order valence-electron chi connectivity index (χ2n) is 9.22. The minimum absolute atomic E-state index is 0.0683. The largest absolute Gasteiger partial charge is 0.441 e. The topological polar surface area (TPSA) is 87.9 Å². The van der Waals surface area contributed by atoms with Crippen molar-refractivity contribution in [2.24, 2.45) is 0 Å². The molecule has 0 aliphatic carbocycles. The molecule has 196 valence electrons. The summed E-state index contributed by atoms with van der Waals surface area (Å²) in [5.74, 6) is 0.538. The lowest BCUT2D eigenvalue weighted by Crippen LogP contribution is -2.47. The van der Waals surface area contributed by atoms with Crippen LogP contribution in [0.15, 0.2) is 46.9 Å². The highest BCUT2D eigenvalue weighted by Crippen LogP contribution is 2.26. The number of rotatable bonds is 8. The second-order valence-corrected chi connectivity index (χ2v) is 10.0. The summed E-state index contributed by atoms with van der Waals surface area (Å²) in [4.78, 5) is 33.6. The van der Waals surface area contributed by atoms with Gasteiger partial charge in [0.25, 0.3) is 5.91 Å². The van der Waals surface area contributed by atoms with E-state index >= 15 is 0 Å². The van der Waals surface area contributed by atoms with E-state index in [9.17, 15) is 9.59 Å². The molecule has 4 rings (SSSR count). The fourth-order valence-corrected chi connectivity index (χ4v) is 4.51. The van der Waals surface area contributed by atoms with E-state index in [4.69, 9.17) is 32.4 Å². The van der Waals surface area contributed by atoms with Crippen LogP contribution in [0.25, 0.3) is 11.5 Å². The third-order valence-corrected chi connectivity index (χ3v) is 6.89. The van der Waals surface area contributed by atoms with Gasteiger partial charge in [-0.3, -0.25) is 14.5 Å². The van der Waals surface area contributed by atoms with Crippen LogP contribution in [-0.2, 0) is 22.5 Å². The van der Waals surface area contributed by atoms with Gasteiger partial charge in [0.15, 0.2) is 0 Å². The molecule has 1 aromatic heterocycles. The summed E-state index contributed by atoms with van der Waals surface area (Å²) in [6.45, 7) is 4.94. The summed E-state index contributed by atoms with van der Waals surface area (Å²) in [5, 5.41) is 4.02. The molecule has 1 N–H and O–H groups in total. The zero-order valence-electron chi connectivity index (χ0n) is 21.1. The van der Waals surface area contributed by atoms with Crippen LogP contribution in [0.2, 0.25) is 10.0 Å². The van der Waals surface area contributed by atoms with E-state index in [0.29, 0.717) is 58.2 Å². The van der Waals surface area contributed by atoms with Crippen molar-refractivity contribution in [3.05, 3.63) is 75.1 Å². The third-order valence-electron chi connectivity index (χ3n) is 6.15. The van der Waals surface area contributed by atoms with Gasteiger partial charge in [-0.1, -0.05) is 41.4 Å². The number of ether oxygens (including phenoxy) is 1. The van der Waals surface area contributed by atoms with E-state index in [1.807, 2.05) is 18.2 Å². The smallest absolute Gasteiger partial charge is 0.254 e. The lowest BCUT2D eigenvalue weighted by Gasteiger charge is -2.33. The Labute approximate surface area is 226 Å². The van der Waals surface area contributed by atoms with Gasteiger partial charge >= 0.3 is 0 Å². The summed E-state index contributed by atoms with van der Waals surface area (Å²) in [5.41, 5.74) is 2.69. The van der Waals surface area contributed by atoms with Crippen LogP contribution in [-0.4, -0.2) is 73.0 Å². The molecule has 1 saturated heterocycles. The van der Waals surface area contributed by atoms with E-state index in [2.05, 4.69) is 15.2 Å². The highest BCUT2D eigenvalue weighted by atomic mass is 35.5. The van der Waals surface area contributed by atoms with Gasteiger partial charge in [0, 0.05) is 45.8 Å². The number of halogens is 2. The van der Waals surface area contributed by atoms with Crippen LogP contribution in [0.3, 0.4) is 0 Å². The first-order chi connectivity index (χ1) is 17.7. The quantitative estimate of drug-likeness (QED) is 0.456. The number of nitrogens with one attached hydrogen (secondary N) is 1. The van der Waals surface area contributed by atoms with Gasteiger partial charge in [0.1, 0.15) is 5.76 Å². The molecule has 1 fully saturated rings. The van der Waals surface area contributed by atoms with Gasteiger partial charge in [-0.15, -0.1) is 0 Å². The molecular weight excluding hydrogens is 515 g/mol. The molecular formula is C27H30Cl2N4O4. The number of morpholine rings is 1. The lowest BCUT2D eigenvalue weighted by atomic mass is 10.1. The average Bonchev–Trinajstić information content (AvgIpc) is 3.24. The molecule has 0 spiro atoms. The summed E-state index contributed by atoms with van der Waals surface area (Å²) >= 11 is 12.2. The maximum absolute atomic E-state index is 12.7. The Kier molecular flexibility index (Phi) is 8.87. The zero-order valence-corrected chi connectivity index (χ0v) is 22.6. The Morgan fingerprint density at radius 2 is 1.95 bits per heavy atom. The van der Waals surface area contributed by atoms with E-state index < -0.39 is 0 Å². The molecule has 3 aromatic rings. The number of aromatic nitrogens is 1. The van der Waals surface area contributed by atoms with E-state index in [1.165, 1.54) is 4.90 Å².